The van der Waals surface area contributed by atoms with Crippen molar-refractivity contribution in [3.8, 4) is 0 Å². The molecular weight excluding hydrogens is 363 g/mol. The maximum Gasteiger partial charge on any atom is 0.178 e. The monoisotopic (exact) mass is 378 g/mol. The summed E-state index contributed by atoms with van der Waals surface area (Å²) in [6, 6.07) is 6.85. The normalized spacial score (nSPS) is 13.1. The van der Waals surface area contributed by atoms with Gasteiger partial charge < -0.3 is 9.55 Å². The Morgan fingerprint density at radius 3 is 3.00 bits per heavy atom. The molecule has 5 heteroatoms. The van der Waals surface area contributed by atoms with E-state index in [0.717, 1.165) is 21.8 Å². The average Bonchev–Trinajstić information content (AvgIpc) is 2.61. The highest BCUT2D eigenvalue weighted by molar-refractivity contribution is 14.1. The standard InChI is InChI=1S/C12H15IN2S2/c1-3-17-7-8(2)15-11-5-4-9(13)6-10(11)14-12(15)16/h4-6,8H,3,7H2,1-2H3,(H,14,16). The molecular formula is C12H15IN2S2. The number of nitrogens with one attached hydrogen (secondary N) is 1. The second kappa shape index (κ2) is 5.75. The number of nitrogens with zero attached hydrogens (tertiary/aromatic N) is 1. The van der Waals surface area contributed by atoms with Gasteiger partial charge in [-0.25, -0.2) is 0 Å². The number of aromatic nitrogens is 2. The maximum atomic E-state index is 5.42. The molecule has 0 bridgehead atoms. The van der Waals surface area contributed by atoms with E-state index in [4.69, 9.17) is 12.2 Å². The van der Waals surface area contributed by atoms with Crippen molar-refractivity contribution in [1.82, 2.24) is 9.55 Å². The highest BCUT2D eigenvalue weighted by Gasteiger charge is 2.10. The van der Waals surface area contributed by atoms with Gasteiger partial charge in [0.05, 0.1) is 11.0 Å². The molecule has 0 amide bonds. The summed E-state index contributed by atoms with van der Waals surface area (Å²) in [5.74, 6) is 2.25. The van der Waals surface area contributed by atoms with Crippen LogP contribution in [0.4, 0.5) is 0 Å². The van der Waals surface area contributed by atoms with Crippen LogP contribution >= 0.6 is 46.6 Å². The van der Waals surface area contributed by atoms with E-state index >= 15 is 0 Å². The number of aromatic amines is 1. The van der Waals surface area contributed by atoms with Gasteiger partial charge in [0.2, 0.25) is 0 Å². The van der Waals surface area contributed by atoms with E-state index in [9.17, 15) is 0 Å². The molecule has 1 aromatic heterocycles. The fraction of sp³-hybridized carbons (Fsp3) is 0.417. The molecule has 0 radical (unpaired) electrons. The van der Waals surface area contributed by atoms with Crippen molar-refractivity contribution in [1.29, 1.82) is 0 Å². The number of fused-ring (bicyclic) bond motifs is 1. The predicted octanol–water partition coefficient (Wildman–Crippen LogP) is 4.62. The van der Waals surface area contributed by atoms with Crippen molar-refractivity contribution in [3.63, 3.8) is 0 Å². The number of halogens is 1. The summed E-state index contributed by atoms with van der Waals surface area (Å²) in [6.45, 7) is 4.41. The Morgan fingerprint density at radius 1 is 1.53 bits per heavy atom. The Hall–Kier alpha value is -0.0100. The van der Waals surface area contributed by atoms with Gasteiger partial charge >= 0.3 is 0 Å². The van der Waals surface area contributed by atoms with Crippen LogP contribution in [0.2, 0.25) is 0 Å². The molecule has 17 heavy (non-hydrogen) atoms. The first-order valence-electron chi connectivity index (χ1n) is 5.61. The lowest BCUT2D eigenvalue weighted by atomic mass is 10.3. The zero-order valence-electron chi connectivity index (χ0n) is 9.87. The Bertz CT molecular complexity index is 573. The molecule has 0 spiro atoms. The van der Waals surface area contributed by atoms with E-state index in [2.05, 4.69) is 64.2 Å². The number of rotatable bonds is 4. The quantitative estimate of drug-likeness (QED) is 0.619. The van der Waals surface area contributed by atoms with Crippen LogP contribution in [-0.4, -0.2) is 21.1 Å². The average molecular weight is 378 g/mol. The van der Waals surface area contributed by atoms with Crippen LogP contribution < -0.4 is 0 Å². The Balaban J connectivity index is 2.46. The molecule has 0 aliphatic heterocycles. The first-order valence-corrected chi connectivity index (χ1v) is 8.25. The summed E-state index contributed by atoms with van der Waals surface area (Å²) < 4.78 is 4.28. The van der Waals surface area contributed by atoms with Gasteiger partial charge in [-0.1, -0.05) is 6.92 Å². The summed E-state index contributed by atoms with van der Waals surface area (Å²) >= 11 is 9.69. The minimum Gasteiger partial charge on any atom is -0.331 e. The van der Waals surface area contributed by atoms with Gasteiger partial charge in [-0.15, -0.1) is 0 Å². The molecule has 2 rings (SSSR count). The lowest BCUT2D eigenvalue weighted by Gasteiger charge is -2.13. The van der Waals surface area contributed by atoms with Crippen molar-refractivity contribution in [2.45, 2.75) is 19.9 Å². The number of benzene rings is 1. The van der Waals surface area contributed by atoms with Crippen LogP contribution in [0.1, 0.15) is 19.9 Å². The van der Waals surface area contributed by atoms with Crippen molar-refractivity contribution in [2.24, 2.45) is 0 Å². The fourth-order valence-electron chi connectivity index (χ4n) is 1.90. The number of H-pyrrole nitrogens is 1. The van der Waals surface area contributed by atoms with Gasteiger partial charge in [-0.3, -0.25) is 0 Å². The highest BCUT2D eigenvalue weighted by atomic mass is 127. The van der Waals surface area contributed by atoms with Crippen LogP contribution in [0.5, 0.6) is 0 Å². The van der Waals surface area contributed by atoms with Crippen molar-refractivity contribution >= 4 is 57.6 Å². The minimum absolute atomic E-state index is 0.432. The molecule has 0 saturated carbocycles. The highest BCUT2D eigenvalue weighted by Crippen LogP contribution is 2.23. The van der Waals surface area contributed by atoms with Crippen LogP contribution in [-0.2, 0) is 0 Å². The predicted molar refractivity (Wildman–Crippen MR) is 87.5 cm³/mol. The van der Waals surface area contributed by atoms with E-state index in [1.54, 1.807) is 0 Å². The number of thioether (sulfide) groups is 1. The summed E-state index contributed by atoms with van der Waals surface area (Å²) in [6.07, 6.45) is 0. The summed E-state index contributed by atoms with van der Waals surface area (Å²) in [7, 11) is 0. The van der Waals surface area contributed by atoms with Crippen LogP contribution in [0.15, 0.2) is 18.2 Å². The van der Waals surface area contributed by atoms with E-state index in [-0.39, 0.29) is 0 Å². The summed E-state index contributed by atoms with van der Waals surface area (Å²) in [5, 5.41) is 0. The zero-order valence-corrected chi connectivity index (χ0v) is 13.7. The molecule has 1 aromatic carbocycles. The largest absolute Gasteiger partial charge is 0.331 e. The lowest BCUT2D eigenvalue weighted by Crippen LogP contribution is -2.07. The molecule has 1 N–H and O–H groups in total. The second-order valence-corrected chi connectivity index (χ2v) is 6.92. The van der Waals surface area contributed by atoms with E-state index in [1.807, 2.05) is 11.8 Å². The minimum atomic E-state index is 0.432. The van der Waals surface area contributed by atoms with Gasteiger partial charge in [0.25, 0.3) is 0 Å². The second-order valence-electron chi connectivity index (χ2n) is 3.97. The zero-order chi connectivity index (χ0) is 12.4. The first-order chi connectivity index (χ1) is 8.13. The third-order valence-corrected chi connectivity index (χ3v) is 4.78. The smallest absolute Gasteiger partial charge is 0.178 e. The van der Waals surface area contributed by atoms with Crippen molar-refractivity contribution in [2.75, 3.05) is 11.5 Å². The van der Waals surface area contributed by atoms with Crippen molar-refractivity contribution in [3.05, 3.63) is 26.5 Å². The molecule has 1 unspecified atom stereocenters. The summed E-state index contributed by atoms with van der Waals surface area (Å²) in [5.41, 5.74) is 2.34. The Labute approximate surface area is 124 Å². The number of hydrogen-bond donors (Lipinski definition) is 1. The lowest BCUT2D eigenvalue weighted by molar-refractivity contribution is 0.619. The molecule has 0 aliphatic carbocycles. The molecule has 92 valence electrons. The van der Waals surface area contributed by atoms with Gasteiger partial charge in [-0.2, -0.15) is 11.8 Å². The molecule has 1 heterocycles. The van der Waals surface area contributed by atoms with Crippen LogP contribution in [0, 0.1) is 8.34 Å². The molecule has 1 atom stereocenters. The van der Waals surface area contributed by atoms with E-state index in [1.165, 1.54) is 9.09 Å². The Morgan fingerprint density at radius 2 is 2.29 bits per heavy atom. The third-order valence-electron chi connectivity index (χ3n) is 2.68. The van der Waals surface area contributed by atoms with Crippen LogP contribution in [0.3, 0.4) is 0 Å². The molecule has 2 aromatic rings. The van der Waals surface area contributed by atoms with Crippen molar-refractivity contribution < 1.29 is 0 Å². The SMILES string of the molecule is CCSCC(C)n1c(=S)[nH]c2cc(I)ccc21. The molecule has 0 saturated heterocycles. The van der Waals surface area contributed by atoms with Gasteiger partial charge in [0.1, 0.15) is 0 Å². The van der Waals surface area contributed by atoms with E-state index < -0.39 is 0 Å². The number of imidazole rings is 1. The van der Waals surface area contributed by atoms with E-state index in [0.29, 0.717) is 6.04 Å². The van der Waals surface area contributed by atoms with Gasteiger partial charge in [-0.05, 0) is 65.7 Å². The first kappa shape index (κ1) is 13.4. The fourth-order valence-corrected chi connectivity index (χ4v) is 3.51. The third kappa shape index (κ3) is 2.88. The molecule has 0 aliphatic rings. The van der Waals surface area contributed by atoms with Gasteiger partial charge in [0.15, 0.2) is 4.77 Å². The van der Waals surface area contributed by atoms with Crippen LogP contribution in [0.25, 0.3) is 11.0 Å². The Kier molecular flexibility index (Phi) is 4.54. The summed E-state index contributed by atoms with van der Waals surface area (Å²) in [4.78, 5) is 3.29. The molecule has 0 fully saturated rings. The maximum absolute atomic E-state index is 5.42. The number of hydrogen-bond acceptors (Lipinski definition) is 2. The topological polar surface area (TPSA) is 20.7 Å². The van der Waals surface area contributed by atoms with Gasteiger partial charge in [0, 0.05) is 15.4 Å². The molecule has 2 nitrogen and oxygen atoms in total.